The van der Waals surface area contributed by atoms with Gasteiger partial charge in [-0.05, 0) is 31.5 Å². The molecule has 2 N–H and O–H groups in total. The van der Waals surface area contributed by atoms with Gasteiger partial charge >= 0.3 is 0 Å². The maximum atomic E-state index is 5.85. The van der Waals surface area contributed by atoms with E-state index >= 15 is 0 Å². The number of hydrogen-bond acceptors (Lipinski definition) is 2. The number of nitrogens with zero attached hydrogens (tertiary/aromatic N) is 2. The Kier molecular flexibility index (Phi) is 1.33. The van der Waals surface area contributed by atoms with Crippen molar-refractivity contribution >= 4 is 11.2 Å². The number of rotatable bonds is 0. The third kappa shape index (κ3) is 0.794. The van der Waals surface area contributed by atoms with Gasteiger partial charge in [-0.25, -0.2) is 4.52 Å². The topological polar surface area (TPSA) is 43.3 Å². The monoisotopic (exact) mass is 161 g/mol. The lowest BCUT2D eigenvalue weighted by atomic mass is 10.2. The summed E-state index contributed by atoms with van der Waals surface area (Å²) >= 11 is 0. The first-order valence-corrected chi connectivity index (χ1v) is 3.89. The molecule has 0 aliphatic rings. The fourth-order valence-corrected chi connectivity index (χ4v) is 1.40. The summed E-state index contributed by atoms with van der Waals surface area (Å²) in [6.45, 7) is 3.98. The summed E-state index contributed by atoms with van der Waals surface area (Å²) in [7, 11) is 0. The molecule has 0 unspecified atom stereocenters. The molecule has 2 aromatic rings. The van der Waals surface area contributed by atoms with E-state index in [1.54, 1.807) is 6.20 Å². The molecule has 2 aromatic heterocycles. The van der Waals surface area contributed by atoms with Crippen molar-refractivity contribution in [3.63, 3.8) is 0 Å². The third-order valence-corrected chi connectivity index (χ3v) is 2.17. The van der Waals surface area contributed by atoms with E-state index in [9.17, 15) is 0 Å². The Bertz CT molecular complexity index is 429. The average molecular weight is 161 g/mol. The van der Waals surface area contributed by atoms with Gasteiger partial charge in [-0.2, -0.15) is 5.10 Å². The summed E-state index contributed by atoms with van der Waals surface area (Å²) in [5, 5.41) is 4.16. The molecule has 0 fully saturated rings. The standard InChI is InChI=1S/C9H11N3/c1-6-5-8-3-4-11-12(8)7(2)9(6)10/h3-5H,10H2,1-2H3. The lowest BCUT2D eigenvalue weighted by Crippen LogP contribution is -2.01. The van der Waals surface area contributed by atoms with Gasteiger partial charge in [0.05, 0.1) is 16.9 Å². The van der Waals surface area contributed by atoms with Gasteiger partial charge in [-0.1, -0.05) is 0 Å². The van der Waals surface area contributed by atoms with Crippen LogP contribution in [0.2, 0.25) is 0 Å². The van der Waals surface area contributed by atoms with Crippen LogP contribution in [0.15, 0.2) is 18.3 Å². The second kappa shape index (κ2) is 2.24. The van der Waals surface area contributed by atoms with Crippen LogP contribution in [0, 0.1) is 13.8 Å². The zero-order valence-electron chi connectivity index (χ0n) is 7.20. The summed E-state index contributed by atoms with van der Waals surface area (Å²) in [4.78, 5) is 0. The average Bonchev–Trinajstić information content (AvgIpc) is 2.48. The van der Waals surface area contributed by atoms with Crippen molar-refractivity contribution in [3.05, 3.63) is 29.6 Å². The number of hydrogen-bond donors (Lipinski definition) is 1. The van der Waals surface area contributed by atoms with Crippen molar-refractivity contribution in [2.45, 2.75) is 13.8 Å². The van der Waals surface area contributed by atoms with Gasteiger partial charge in [0, 0.05) is 6.20 Å². The van der Waals surface area contributed by atoms with Crippen LogP contribution in [0.25, 0.3) is 5.52 Å². The Labute approximate surface area is 70.8 Å². The van der Waals surface area contributed by atoms with Crippen molar-refractivity contribution in [1.82, 2.24) is 9.61 Å². The minimum Gasteiger partial charge on any atom is -0.397 e. The first-order valence-electron chi connectivity index (χ1n) is 3.89. The second-order valence-corrected chi connectivity index (χ2v) is 2.99. The molecule has 0 spiro atoms. The van der Waals surface area contributed by atoms with Crippen molar-refractivity contribution in [2.75, 3.05) is 5.73 Å². The van der Waals surface area contributed by atoms with E-state index in [2.05, 4.69) is 5.10 Å². The third-order valence-electron chi connectivity index (χ3n) is 2.17. The number of nitrogens with two attached hydrogens (primary N) is 1. The zero-order chi connectivity index (χ0) is 8.72. The Morgan fingerprint density at radius 1 is 1.42 bits per heavy atom. The molecule has 0 saturated heterocycles. The maximum Gasteiger partial charge on any atom is 0.0668 e. The van der Waals surface area contributed by atoms with Gasteiger partial charge in [0.25, 0.3) is 0 Å². The van der Waals surface area contributed by atoms with Crippen LogP contribution in [0.1, 0.15) is 11.3 Å². The molecule has 3 heteroatoms. The van der Waals surface area contributed by atoms with E-state index in [1.165, 1.54) is 0 Å². The lowest BCUT2D eigenvalue weighted by Gasteiger charge is -2.06. The fourth-order valence-electron chi connectivity index (χ4n) is 1.40. The molecule has 62 valence electrons. The van der Waals surface area contributed by atoms with Crippen molar-refractivity contribution < 1.29 is 0 Å². The van der Waals surface area contributed by atoms with Crippen molar-refractivity contribution in [3.8, 4) is 0 Å². The van der Waals surface area contributed by atoms with E-state index in [0.29, 0.717) is 0 Å². The van der Waals surface area contributed by atoms with Crippen LogP contribution >= 0.6 is 0 Å². The van der Waals surface area contributed by atoms with E-state index < -0.39 is 0 Å². The van der Waals surface area contributed by atoms with Gasteiger partial charge < -0.3 is 5.73 Å². The Morgan fingerprint density at radius 2 is 2.17 bits per heavy atom. The molecular formula is C9H11N3. The highest BCUT2D eigenvalue weighted by atomic mass is 15.2. The van der Waals surface area contributed by atoms with Crippen molar-refractivity contribution in [1.29, 1.82) is 0 Å². The zero-order valence-corrected chi connectivity index (χ0v) is 7.20. The molecule has 3 nitrogen and oxygen atoms in total. The van der Waals surface area contributed by atoms with Crippen LogP contribution in [-0.4, -0.2) is 9.61 Å². The van der Waals surface area contributed by atoms with Gasteiger partial charge in [0.1, 0.15) is 0 Å². The van der Waals surface area contributed by atoms with Gasteiger partial charge in [-0.15, -0.1) is 0 Å². The lowest BCUT2D eigenvalue weighted by molar-refractivity contribution is 0.915. The number of pyridine rings is 1. The van der Waals surface area contributed by atoms with E-state index in [0.717, 1.165) is 22.5 Å². The summed E-state index contributed by atoms with van der Waals surface area (Å²) < 4.78 is 1.85. The first kappa shape index (κ1) is 7.16. The first-order chi connectivity index (χ1) is 5.70. The Balaban J connectivity index is 2.94. The van der Waals surface area contributed by atoms with Gasteiger partial charge in [0.15, 0.2) is 0 Å². The number of nitrogen functional groups attached to an aromatic ring is 1. The number of aromatic nitrogens is 2. The fraction of sp³-hybridized carbons (Fsp3) is 0.222. The molecular weight excluding hydrogens is 150 g/mol. The molecule has 0 bridgehead atoms. The Morgan fingerprint density at radius 3 is 2.92 bits per heavy atom. The molecule has 0 atom stereocenters. The van der Waals surface area contributed by atoms with Crippen LogP contribution in [-0.2, 0) is 0 Å². The Hall–Kier alpha value is -1.51. The quantitative estimate of drug-likeness (QED) is 0.636. The van der Waals surface area contributed by atoms with Crippen molar-refractivity contribution in [2.24, 2.45) is 0 Å². The highest BCUT2D eigenvalue weighted by Gasteiger charge is 2.03. The SMILES string of the molecule is Cc1cc2ccnn2c(C)c1N. The largest absolute Gasteiger partial charge is 0.397 e. The molecule has 0 aliphatic carbocycles. The highest BCUT2D eigenvalue weighted by molar-refractivity contribution is 5.60. The van der Waals surface area contributed by atoms with Crippen LogP contribution in [0.4, 0.5) is 5.69 Å². The molecule has 0 aromatic carbocycles. The molecule has 2 rings (SSSR count). The van der Waals surface area contributed by atoms with E-state index in [-0.39, 0.29) is 0 Å². The molecule has 12 heavy (non-hydrogen) atoms. The molecule has 0 aliphatic heterocycles. The summed E-state index contributed by atoms with van der Waals surface area (Å²) in [5.41, 5.74) is 9.89. The predicted octanol–water partition coefficient (Wildman–Crippen LogP) is 1.53. The van der Waals surface area contributed by atoms with Crippen LogP contribution in [0.3, 0.4) is 0 Å². The maximum absolute atomic E-state index is 5.85. The predicted molar refractivity (Wildman–Crippen MR) is 49.1 cm³/mol. The molecule has 2 heterocycles. The molecule has 0 amide bonds. The van der Waals surface area contributed by atoms with Crippen LogP contribution < -0.4 is 5.73 Å². The van der Waals surface area contributed by atoms with Crippen LogP contribution in [0.5, 0.6) is 0 Å². The molecule has 0 radical (unpaired) electrons. The highest BCUT2D eigenvalue weighted by Crippen LogP contribution is 2.18. The minimum atomic E-state index is 0.825. The second-order valence-electron chi connectivity index (χ2n) is 2.99. The number of aryl methyl sites for hydroxylation is 2. The number of anilines is 1. The summed E-state index contributed by atoms with van der Waals surface area (Å²) in [6.07, 6.45) is 1.78. The number of fused-ring (bicyclic) bond motifs is 1. The summed E-state index contributed by atoms with van der Waals surface area (Å²) in [6, 6.07) is 4.01. The van der Waals surface area contributed by atoms with E-state index in [4.69, 9.17) is 5.73 Å². The van der Waals surface area contributed by atoms with Gasteiger partial charge in [0.2, 0.25) is 0 Å². The minimum absolute atomic E-state index is 0.825. The molecule has 0 saturated carbocycles. The van der Waals surface area contributed by atoms with Gasteiger partial charge in [-0.3, -0.25) is 0 Å². The summed E-state index contributed by atoms with van der Waals surface area (Å²) in [5.74, 6) is 0. The van der Waals surface area contributed by atoms with E-state index in [1.807, 2.05) is 30.5 Å². The smallest absolute Gasteiger partial charge is 0.0668 e. The normalized spacial score (nSPS) is 10.8.